The number of nitrogens with one attached hydrogen (secondary N) is 2. The number of benzene rings is 1. The van der Waals surface area contributed by atoms with E-state index in [1.54, 1.807) is 0 Å². The average Bonchev–Trinajstić information content (AvgIpc) is 2.56. The van der Waals surface area contributed by atoms with Crippen LogP contribution in [-0.4, -0.2) is 36.1 Å². The lowest BCUT2D eigenvalue weighted by Crippen LogP contribution is -2.32. The first-order chi connectivity index (χ1) is 10.8. The van der Waals surface area contributed by atoms with Crippen LogP contribution in [0.1, 0.15) is 31.2 Å². The molecule has 2 heterocycles. The summed E-state index contributed by atoms with van der Waals surface area (Å²) in [5.74, 6) is 0. The fourth-order valence-corrected chi connectivity index (χ4v) is 3.16. The average molecular weight is 299 g/mol. The van der Waals surface area contributed by atoms with Gasteiger partial charge in [0, 0.05) is 17.6 Å². The van der Waals surface area contributed by atoms with Crippen molar-refractivity contribution in [2.45, 2.75) is 32.2 Å². The number of H-pyrrole nitrogens is 1. The number of rotatable bonds is 6. The standard InChI is InChI=1S/C18H25N3O/c22-18-16(13-15-7-2-3-8-17(15)20-18)14-19-9-6-12-21-10-4-1-5-11-21/h2-3,7-8,13,19H,1,4-6,9-12,14H2,(H,20,22). The SMILES string of the molecule is O=c1[nH]c2ccccc2cc1CNCCCN1CCCCC1. The van der Waals surface area contributed by atoms with Gasteiger partial charge in [-0.15, -0.1) is 0 Å². The van der Waals surface area contributed by atoms with Crippen molar-refractivity contribution in [1.29, 1.82) is 0 Å². The van der Waals surface area contributed by atoms with Gasteiger partial charge in [-0.1, -0.05) is 24.6 Å². The Morgan fingerprint density at radius 2 is 1.95 bits per heavy atom. The number of aromatic nitrogens is 1. The minimum Gasteiger partial charge on any atom is -0.322 e. The van der Waals surface area contributed by atoms with Gasteiger partial charge in [0.2, 0.25) is 0 Å². The molecule has 0 saturated carbocycles. The van der Waals surface area contributed by atoms with E-state index in [1.807, 2.05) is 30.3 Å². The Morgan fingerprint density at radius 1 is 1.14 bits per heavy atom. The van der Waals surface area contributed by atoms with E-state index in [9.17, 15) is 4.79 Å². The molecule has 4 nitrogen and oxygen atoms in total. The van der Waals surface area contributed by atoms with Crippen LogP contribution < -0.4 is 10.9 Å². The van der Waals surface area contributed by atoms with Gasteiger partial charge in [0.15, 0.2) is 0 Å². The van der Waals surface area contributed by atoms with Gasteiger partial charge < -0.3 is 15.2 Å². The molecule has 1 aliphatic heterocycles. The molecule has 3 rings (SSSR count). The molecule has 2 aromatic rings. The molecular formula is C18H25N3O. The third kappa shape index (κ3) is 3.96. The molecule has 22 heavy (non-hydrogen) atoms. The number of para-hydroxylation sites is 1. The summed E-state index contributed by atoms with van der Waals surface area (Å²) >= 11 is 0. The summed E-state index contributed by atoms with van der Waals surface area (Å²) in [5.41, 5.74) is 1.74. The molecule has 0 aliphatic carbocycles. The van der Waals surface area contributed by atoms with Gasteiger partial charge >= 0.3 is 0 Å². The predicted molar refractivity (Wildman–Crippen MR) is 91.2 cm³/mol. The normalized spacial score (nSPS) is 16.2. The maximum Gasteiger partial charge on any atom is 0.252 e. The summed E-state index contributed by atoms with van der Waals surface area (Å²) in [6, 6.07) is 9.90. The molecule has 4 heteroatoms. The second-order valence-corrected chi connectivity index (χ2v) is 6.14. The molecule has 1 aromatic heterocycles. The molecule has 1 fully saturated rings. The summed E-state index contributed by atoms with van der Waals surface area (Å²) < 4.78 is 0. The molecular weight excluding hydrogens is 274 g/mol. The number of nitrogens with zero attached hydrogens (tertiary/aromatic N) is 1. The van der Waals surface area contributed by atoms with Gasteiger partial charge in [0.25, 0.3) is 5.56 Å². The quantitative estimate of drug-likeness (QED) is 0.806. The molecule has 0 atom stereocenters. The smallest absolute Gasteiger partial charge is 0.252 e. The van der Waals surface area contributed by atoms with Crippen LogP contribution >= 0.6 is 0 Å². The van der Waals surface area contributed by atoms with Crippen LogP contribution in [-0.2, 0) is 6.54 Å². The minimum absolute atomic E-state index is 0.0160. The van der Waals surface area contributed by atoms with Gasteiger partial charge in [0.05, 0.1) is 0 Å². The first-order valence-corrected chi connectivity index (χ1v) is 8.37. The largest absolute Gasteiger partial charge is 0.322 e. The summed E-state index contributed by atoms with van der Waals surface area (Å²) in [6.07, 6.45) is 5.23. The number of piperidine rings is 1. The van der Waals surface area contributed by atoms with Crippen molar-refractivity contribution in [1.82, 2.24) is 15.2 Å². The number of pyridine rings is 1. The van der Waals surface area contributed by atoms with Crippen LogP contribution in [0.15, 0.2) is 35.1 Å². The van der Waals surface area contributed by atoms with E-state index in [1.165, 1.54) is 38.9 Å². The predicted octanol–water partition coefficient (Wildman–Crippen LogP) is 2.49. The van der Waals surface area contributed by atoms with E-state index in [0.29, 0.717) is 6.54 Å². The summed E-state index contributed by atoms with van der Waals surface area (Å²) in [7, 11) is 0. The monoisotopic (exact) mass is 299 g/mol. The highest BCUT2D eigenvalue weighted by atomic mass is 16.1. The summed E-state index contributed by atoms with van der Waals surface area (Å²) in [4.78, 5) is 17.5. The number of aromatic amines is 1. The fourth-order valence-electron chi connectivity index (χ4n) is 3.16. The van der Waals surface area contributed by atoms with Crippen LogP contribution in [0, 0.1) is 0 Å². The Morgan fingerprint density at radius 3 is 2.82 bits per heavy atom. The Balaban J connectivity index is 1.47. The van der Waals surface area contributed by atoms with Crippen LogP contribution in [0.4, 0.5) is 0 Å². The van der Waals surface area contributed by atoms with Crippen LogP contribution in [0.25, 0.3) is 10.9 Å². The Bertz CT molecular complexity index is 659. The summed E-state index contributed by atoms with van der Waals surface area (Å²) in [6.45, 7) is 5.28. The summed E-state index contributed by atoms with van der Waals surface area (Å²) in [5, 5.41) is 4.49. The Hall–Kier alpha value is -1.65. The zero-order chi connectivity index (χ0) is 15.2. The van der Waals surface area contributed by atoms with Gasteiger partial charge in [-0.05, 0) is 63.0 Å². The van der Waals surface area contributed by atoms with E-state index in [4.69, 9.17) is 0 Å². The van der Waals surface area contributed by atoms with E-state index >= 15 is 0 Å². The minimum atomic E-state index is 0.0160. The highest BCUT2D eigenvalue weighted by molar-refractivity contribution is 5.78. The molecule has 0 radical (unpaired) electrons. The van der Waals surface area contributed by atoms with E-state index in [2.05, 4.69) is 15.2 Å². The van der Waals surface area contributed by atoms with Gasteiger partial charge in [-0.25, -0.2) is 0 Å². The van der Waals surface area contributed by atoms with Crippen molar-refractivity contribution in [3.8, 4) is 0 Å². The highest BCUT2D eigenvalue weighted by Crippen LogP contribution is 2.10. The zero-order valence-corrected chi connectivity index (χ0v) is 13.1. The van der Waals surface area contributed by atoms with Crippen LogP contribution in [0.3, 0.4) is 0 Å². The third-order valence-electron chi connectivity index (χ3n) is 4.42. The number of hydrogen-bond donors (Lipinski definition) is 2. The maximum absolute atomic E-state index is 12.0. The van der Waals surface area contributed by atoms with Crippen molar-refractivity contribution < 1.29 is 0 Å². The van der Waals surface area contributed by atoms with Gasteiger partial charge in [-0.3, -0.25) is 4.79 Å². The first-order valence-electron chi connectivity index (χ1n) is 8.37. The lowest BCUT2D eigenvalue weighted by Gasteiger charge is -2.26. The highest BCUT2D eigenvalue weighted by Gasteiger charge is 2.09. The Kier molecular flexibility index (Phi) is 5.24. The molecule has 2 N–H and O–H groups in total. The molecule has 118 valence electrons. The molecule has 0 amide bonds. The van der Waals surface area contributed by atoms with Crippen molar-refractivity contribution in [2.75, 3.05) is 26.2 Å². The Labute approximate surface area is 131 Å². The van der Waals surface area contributed by atoms with Gasteiger partial charge in [-0.2, -0.15) is 0 Å². The van der Waals surface area contributed by atoms with Crippen molar-refractivity contribution >= 4 is 10.9 Å². The molecule has 1 aliphatic rings. The number of fused-ring (bicyclic) bond motifs is 1. The van der Waals surface area contributed by atoms with Crippen molar-refractivity contribution in [2.24, 2.45) is 0 Å². The maximum atomic E-state index is 12.0. The molecule has 0 bridgehead atoms. The molecule has 1 saturated heterocycles. The second-order valence-electron chi connectivity index (χ2n) is 6.14. The van der Waals surface area contributed by atoms with E-state index in [0.717, 1.165) is 29.4 Å². The van der Waals surface area contributed by atoms with Crippen LogP contribution in [0.5, 0.6) is 0 Å². The number of hydrogen-bond acceptors (Lipinski definition) is 3. The molecule has 0 spiro atoms. The molecule has 1 aromatic carbocycles. The second kappa shape index (κ2) is 7.56. The topological polar surface area (TPSA) is 48.1 Å². The third-order valence-corrected chi connectivity index (χ3v) is 4.42. The fraction of sp³-hybridized carbons (Fsp3) is 0.500. The lowest BCUT2D eigenvalue weighted by molar-refractivity contribution is 0.225. The first kappa shape index (κ1) is 15.3. The lowest BCUT2D eigenvalue weighted by atomic mass is 10.1. The van der Waals surface area contributed by atoms with Crippen molar-refractivity contribution in [3.63, 3.8) is 0 Å². The van der Waals surface area contributed by atoms with E-state index in [-0.39, 0.29) is 5.56 Å². The van der Waals surface area contributed by atoms with E-state index < -0.39 is 0 Å². The number of likely N-dealkylation sites (tertiary alicyclic amines) is 1. The molecule has 0 unspecified atom stereocenters. The van der Waals surface area contributed by atoms with Crippen molar-refractivity contribution in [3.05, 3.63) is 46.2 Å². The van der Waals surface area contributed by atoms with Gasteiger partial charge in [0.1, 0.15) is 0 Å². The van der Waals surface area contributed by atoms with Crippen LogP contribution in [0.2, 0.25) is 0 Å². The zero-order valence-electron chi connectivity index (χ0n) is 13.1.